The van der Waals surface area contributed by atoms with Gasteiger partial charge in [0.2, 0.25) is 11.6 Å². The molecular weight excluding hydrogens is 643 g/mol. The molecule has 8 heterocycles. The summed E-state index contributed by atoms with van der Waals surface area (Å²) >= 11 is 0. The van der Waals surface area contributed by atoms with Crippen molar-refractivity contribution in [1.82, 2.24) is 0 Å². The van der Waals surface area contributed by atoms with E-state index in [9.17, 15) is 4.57 Å². The van der Waals surface area contributed by atoms with Gasteiger partial charge in [0.15, 0.2) is 23.8 Å². The normalized spacial score (nSPS) is 55.2. The van der Waals surface area contributed by atoms with Crippen molar-refractivity contribution in [2.45, 2.75) is 153 Å². The molecule has 10 aliphatic rings. The van der Waals surface area contributed by atoms with E-state index in [1.807, 2.05) is 13.8 Å². The zero-order valence-corrected chi connectivity index (χ0v) is 30.7. The molecule has 4 unspecified atom stereocenters. The fourth-order valence-corrected chi connectivity index (χ4v) is 12.3. The van der Waals surface area contributed by atoms with Crippen molar-refractivity contribution in [1.29, 1.82) is 0 Å². The van der Waals surface area contributed by atoms with Crippen LogP contribution < -0.4 is 0 Å². The van der Waals surface area contributed by atoms with Gasteiger partial charge in [0.05, 0.1) is 25.4 Å². The Balaban J connectivity index is 0.882. The number of hydrogen-bond acceptors (Lipinski definition) is 12. The molecule has 274 valence electrons. The van der Waals surface area contributed by atoms with Crippen LogP contribution in [-0.2, 0) is 56.6 Å². The maximum absolute atomic E-state index is 13.6. The standard InChI is InChI=1S/C35H57O12P/c1-20-8-10-26-22(3)28(40-30-34(26)24(20)12-16-32(5,42-30)44-46-34)14-18-38-48(36,37-7)39-19-15-29-23(4)27-11-9-21(2)25-13-17-33(6)43-31(41-29)35(25,27)47-45-33/h20-31H,8-19H2,1-7H3/t20-,21-,22-,23-,24?,25?,26?,27?,28-,29-,30-,31-,32+,33+,34-,35-,48?/m1/s1. The summed E-state index contributed by atoms with van der Waals surface area (Å²) in [6.07, 6.45) is 7.53. The molecule has 13 heteroatoms. The van der Waals surface area contributed by atoms with E-state index in [0.717, 1.165) is 51.4 Å². The predicted molar refractivity (Wildman–Crippen MR) is 169 cm³/mol. The van der Waals surface area contributed by atoms with Crippen LogP contribution in [0.4, 0.5) is 0 Å². The quantitative estimate of drug-likeness (QED) is 0.181. The van der Waals surface area contributed by atoms with Gasteiger partial charge in [-0.05, 0) is 101 Å². The van der Waals surface area contributed by atoms with Crippen molar-refractivity contribution in [3.63, 3.8) is 0 Å². The Hall–Kier alpha value is -0.210. The van der Waals surface area contributed by atoms with E-state index in [1.165, 1.54) is 7.11 Å². The summed E-state index contributed by atoms with van der Waals surface area (Å²) in [6.45, 7) is 13.2. The second kappa shape index (κ2) is 12.4. The summed E-state index contributed by atoms with van der Waals surface area (Å²) in [6, 6.07) is 0. The van der Waals surface area contributed by atoms with E-state index in [2.05, 4.69) is 27.7 Å². The van der Waals surface area contributed by atoms with Crippen LogP contribution in [0, 0.1) is 47.3 Å². The van der Waals surface area contributed by atoms with Gasteiger partial charge in [0, 0.05) is 31.8 Å². The maximum Gasteiger partial charge on any atom is 0.474 e. The van der Waals surface area contributed by atoms with Gasteiger partial charge in [0.25, 0.3) is 0 Å². The Morgan fingerprint density at radius 2 is 1.06 bits per heavy atom. The van der Waals surface area contributed by atoms with E-state index in [0.29, 0.717) is 36.5 Å². The zero-order valence-electron chi connectivity index (χ0n) is 29.8. The second-order valence-electron chi connectivity index (χ2n) is 16.8. The lowest BCUT2D eigenvalue weighted by Crippen LogP contribution is -2.70. The minimum atomic E-state index is -3.81. The molecule has 48 heavy (non-hydrogen) atoms. The van der Waals surface area contributed by atoms with E-state index in [1.54, 1.807) is 0 Å². The summed E-state index contributed by atoms with van der Waals surface area (Å²) < 4.78 is 57.0. The van der Waals surface area contributed by atoms with Crippen molar-refractivity contribution in [3.8, 4) is 0 Å². The fraction of sp³-hybridized carbons (Fsp3) is 1.00. The number of rotatable bonds is 9. The Labute approximate surface area is 285 Å². The molecule has 2 spiro atoms. The Morgan fingerprint density at radius 1 is 0.625 bits per heavy atom. The zero-order chi connectivity index (χ0) is 33.7. The average molecular weight is 701 g/mol. The van der Waals surface area contributed by atoms with Gasteiger partial charge in [0.1, 0.15) is 0 Å². The Kier molecular flexibility index (Phi) is 9.04. The summed E-state index contributed by atoms with van der Waals surface area (Å²) in [4.78, 5) is 24.4. The first kappa shape index (κ1) is 34.9. The molecule has 8 saturated heterocycles. The molecule has 8 aliphatic heterocycles. The van der Waals surface area contributed by atoms with Crippen LogP contribution in [0.3, 0.4) is 0 Å². The SMILES string of the molecule is COP(=O)(OCC[C@H]1O[C@@H]2O[C@]3(C)CCC4[C@H](C)CCC([C@H]1C)[C@]42OO3)OCC[C@H]1O[C@@H]2O[C@]3(C)CCC4[C@H](C)CCC([C@H]1C)[C@]42OO3. The molecule has 0 aromatic carbocycles. The van der Waals surface area contributed by atoms with Gasteiger partial charge in [-0.15, -0.1) is 0 Å². The summed E-state index contributed by atoms with van der Waals surface area (Å²) in [5, 5.41) is 0. The monoisotopic (exact) mass is 700 g/mol. The van der Waals surface area contributed by atoms with Gasteiger partial charge in [-0.25, -0.2) is 24.1 Å². The maximum atomic E-state index is 13.6. The van der Waals surface area contributed by atoms with Gasteiger partial charge in [-0.3, -0.25) is 13.6 Å². The average Bonchev–Trinajstić information content (AvgIpc) is 3.43. The lowest BCUT2D eigenvalue weighted by atomic mass is 9.57. The van der Waals surface area contributed by atoms with Gasteiger partial charge in [-0.1, -0.05) is 27.7 Å². The fourth-order valence-electron chi connectivity index (χ4n) is 11.3. The lowest BCUT2D eigenvalue weighted by Gasteiger charge is -2.60. The van der Waals surface area contributed by atoms with Crippen LogP contribution in [-0.4, -0.2) is 67.9 Å². The molecular formula is C35H57O12P. The Morgan fingerprint density at radius 3 is 1.48 bits per heavy atom. The van der Waals surface area contributed by atoms with E-state index >= 15 is 0 Å². The molecule has 4 bridgehead atoms. The molecule has 2 saturated carbocycles. The molecule has 0 aromatic rings. The molecule has 0 radical (unpaired) electrons. The van der Waals surface area contributed by atoms with Crippen LogP contribution >= 0.6 is 7.82 Å². The van der Waals surface area contributed by atoms with Gasteiger partial charge in [-0.2, -0.15) is 0 Å². The number of fused-ring (bicyclic) bond motifs is 4. The topological polar surface area (TPSA) is 119 Å². The van der Waals surface area contributed by atoms with E-state index in [-0.39, 0.29) is 49.1 Å². The summed E-state index contributed by atoms with van der Waals surface area (Å²) in [5.74, 6) is 0.775. The van der Waals surface area contributed by atoms with Crippen LogP contribution in [0.5, 0.6) is 0 Å². The Bertz CT molecular complexity index is 1170. The molecule has 10 rings (SSSR count). The summed E-state index contributed by atoms with van der Waals surface area (Å²) in [5.41, 5.74) is -1.22. The van der Waals surface area contributed by atoms with Gasteiger partial charge >= 0.3 is 7.82 Å². The first-order valence-electron chi connectivity index (χ1n) is 18.7. The molecule has 16 atom stereocenters. The predicted octanol–water partition coefficient (Wildman–Crippen LogP) is 7.06. The van der Waals surface area contributed by atoms with E-state index < -0.39 is 43.2 Å². The summed E-state index contributed by atoms with van der Waals surface area (Å²) in [7, 11) is -2.45. The highest BCUT2D eigenvalue weighted by Crippen LogP contribution is 2.62. The third kappa shape index (κ3) is 5.37. The molecule has 0 amide bonds. The van der Waals surface area contributed by atoms with Crippen LogP contribution in [0.2, 0.25) is 0 Å². The van der Waals surface area contributed by atoms with Crippen molar-refractivity contribution < 1.29 is 56.6 Å². The van der Waals surface area contributed by atoms with Gasteiger partial charge < -0.3 is 18.9 Å². The minimum Gasteiger partial charge on any atom is -0.346 e. The number of phosphoric acid groups is 1. The highest BCUT2D eigenvalue weighted by molar-refractivity contribution is 7.48. The number of hydrogen-bond donors (Lipinski definition) is 0. The highest BCUT2D eigenvalue weighted by Gasteiger charge is 2.70. The lowest BCUT2D eigenvalue weighted by molar-refractivity contribution is -0.571. The third-order valence-corrected chi connectivity index (χ3v) is 15.6. The third-order valence-electron chi connectivity index (χ3n) is 14.1. The van der Waals surface area contributed by atoms with Crippen LogP contribution in [0.1, 0.15) is 106 Å². The first-order chi connectivity index (χ1) is 22.9. The molecule has 0 N–H and O–H groups in total. The van der Waals surface area contributed by atoms with Crippen LogP contribution in [0.25, 0.3) is 0 Å². The molecule has 0 aromatic heterocycles. The second-order valence-corrected chi connectivity index (χ2v) is 18.5. The molecule has 12 nitrogen and oxygen atoms in total. The van der Waals surface area contributed by atoms with Crippen molar-refractivity contribution in [3.05, 3.63) is 0 Å². The molecule has 10 fully saturated rings. The van der Waals surface area contributed by atoms with E-state index in [4.69, 9.17) is 52.1 Å². The van der Waals surface area contributed by atoms with Crippen molar-refractivity contribution in [2.24, 2.45) is 47.3 Å². The van der Waals surface area contributed by atoms with Crippen molar-refractivity contribution in [2.75, 3.05) is 20.3 Å². The largest absolute Gasteiger partial charge is 0.474 e. The van der Waals surface area contributed by atoms with Crippen molar-refractivity contribution >= 4 is 7.82 Å². The highest BCUT2D eigenvalue weighted by atomic mass is 31.2. The molecule has 2 aliphatic carbocycles. The smallest absolute Gasteiger partial charge is 0.346 e. The number of phosphoric ester groups is 1. The number of ether oxygens (including phenoxy) is 4. The first-order valence-corrected chi connectivity index (χ1v) is 20.2. The van der Waals surface area contributed by atoms with Crippen LogP contribution in [0.15, 0.2) is 0 Å². The minimum absolute atomic E-state index is 0.160.